The lowest BCUT2D eigenvalue weighted by molar-refractivity contribution is -0.139. The summed E-state index contributed by atoms with van der Waals surface area (Å²) in [4.78, 5) is 33.0. The van der Waals surface area contributed by atoms with Gasteiger partial charge in [-0.05, 0) is 55.1 Å². The number of carbonyl (C=O) groups excluding carboxylic acids is 1. The van der Waals surface area contributed by atoms with Gasteiger partial charge < -0.3 is 9.30 Å². The Kier molecular flexibility index (Phi) is 6.85. The highest BCUT2D eigenvalue weighted by Crippen LogP contribution is 2.33. The second-order valence-electron chi connectivity index (χ2n) is 9.17. The number of hydrogen-bond acceptors (Lipinski definition) is 6. The molecule has 1 atom stereocenters. The highest BCUT2D eigenvalue weighted by atomic mass is 35.5. The summed E-state index contributed by atoms with van der Waals surface area (Å²) in [7, 11) is 0. The molecule has 0 bridgehead atoms. The standard InChI is InChI=1S/C30H24ClN3O3S2/c1-3-37-29(36)26-18(2)32-30-34(27(26)24-9-6-14-38-24)28(35)25(39-30)15-20-17-33(23-8-5-4-7-22(20)23)16-19-10-12-21(31)13-11-19/h4-15,17,27H,3,16H2,1-2H3/b25-15-/t27-/m0/s1. The van der Waals surface area contributed by atoms with E-state index in [1.807, 2.05) is 60.0 Å². The second kappa shape index (κ2) is 10.4. The Morgan fingerprint density at radius 3 is 2.67 bits per heavy atom. The number of nitrogens with zero attached hydrogens (tertiary/aromatic N) is 3. The van der Waals surface area contributed by atoms with Gasteiger partial charge in [0.05, 0.1) is 22.4 Å². The zero-order valence-corrected chi connectivity index (χ0v) is 23.6. The fraction of sp³-hybridized carbons (Fsp3) is 0.167. The van der Waals surface area contributed by atoms with Gasteiger partial charge >= 0.3 is 5.97 Å². The molecule has 196 valence electrons. The van der Waals surface area contributed by atoms with Gasteiger partial charge in [0.2, 0.25) is 0 Å². The van der Waals surface area contributed by atoms with Gasteiger partial charge in [-0.1, -0.05) is 59.3 Å². The average Bonchev–Trinajstić information content (AvgIpc) is 3.65. The molecule has 4 heterocycles. The van der Waals surface area contributed by atoms with E-state index in [1.54, 1.807) is 18.4 Å². The summed E-state index contributed by atoms with van der Waals surface area (Å²) in [5.74, 6) is -0.448. The van der Waals surface area contributed by atoms with E-state index in [-0.39, 0.29) is 12.2 Å². The van der Waals surface area contributed by atoms with Crippen molar-refractivity contribution in [1.82, 2.24) is 9.13 Å². The topological polar surface area (TPSA) is 65.6 Å². The van der Waals surface area contributed by atoms with Gasteiger partial charge in [0.15, 0.2) is 4.80 Å². The maximum atomic E-state index is 13.9. The lowest BCUT2D eigenvalue weighted by Crippen LogP contribution is -2.39. The van der Waals surface area contributed by atoms with E-state index in [2.05, 4.69) is 27.9 Å². The maximum absolute atomic E-state index is 13.9. The van der Waals surface area contributed by atoms with E-state index in [0.717, 1.165) is 26.9 Å². The largest absolute Gasteiger partial charge is 0.463 e. The first kappa shape index (κ1) is 25.6. The number of aromatic nitrogens is 2. The Morgan fingerprint density at radius 1 is 1.13 bits per heavy atom. The molecule has 0 spiro atoms. The number of para-hydroxylation sites is 1. The fourth-order valence-electron chi connectivity index (χ4n) is 4.96. The number of rotatable bonds is 6. The second-order valence-corrected chi connectivity index (χ2v) is 11.6. The number of benzene rings is 2. The van der Waals surface area contributed by atoms with Crippen molar-refractivity contribution < 1.29 is 9.53 Å². The lowest BCUT2D eigenvalue weighted by Gasteiger charge is -2.23. The van der Waals surface area contributed by atoms with Gasteiger partial charge in [0.25, 0.3) is 5.56 Å². The predicted molar refractivity (Wildman–Crippen MR) is 157 cm³/mol. The molecule has 0 radical (unpaired) electrons. The zero-order chi connectivity index (χ0) is 27.1. The summed E-state index contributed by atoms with van der Waals surface area (Å²) in [6.07, 6.45) is 4.00. The Balaban J connectivity index is 1.50. The van der Waals surface area contributed by atoms with Crippen LogP contribution in [0.15, 0.2) is 93.3 Å². The third kappa shape index (κ3) is 4.69. The van der Waals surface area contributed by atoms with Crippen LogP contribution in [0.1, 0.15) is 35.9 Å². The summed E-state index contributed by atoms with van der Waals surface area (Å²) in [6, 6.07) is 19.3. The van der Waals surface area contributed by atoms with Crippen LogP contribution < -0.4 is 14.9 Å². The van der Waals surface area contributed by atoms with Crippen LogP contribution in [0.25, 0.3) is 17.0 Å². The smallest absolute Gasteiger partial charge is 0.338 e. The normalized spacial score (nSPS) is 15.5. The molecule has 1 aliphatic rings. The Labute approximate surface area is 237 Å². The van der Waals surface area contributed by atoms with Crippen molar-refractivity contribution in [2.45, 2.75) is 26.4 Å². The van der Waals surface area contributed by atoms with Crippen molar-refractivity contribution in [2.24, 2.45) is 4.99 Å². The number of hydrogen-bond donors (Lipinski definition) is 0. The average molecular weight is 574 g/mol. The Bertz CT molecular complexity index is 1910. The molecule has 3 aromatic heterocycles. The van der Waals surface area contributed by atoms with Crippen molar-refractivity contribution in [2.75, 3.05) is 6.61 Å². The number of esters is 1. The van der Waals surface area contributed by atoms with Gasteiger partial charge in [0.1, 0.15) is 6.04 Å². The number of thiazole rings is 1. The van der Waals surface area contributed by atoms with Crippen molar-refractivity contribution in [3.63, 3.8) is 0 Å². The molecule has 6 nitrogen and oxygen atoms in total. The van der Waals surface area contributed by atoms with Gasteiger partial charge in [-0.15, -0.1) is 11.3 Å². The van der Waals surface area contributed by atoms with Crippen LogP contribution in [-0.2, 0) is 16.1 Å². The fourth-order valence-corrected chi connectivity index (χ4v) is 6.94. The summed E-state index contributed by atoms with van der Waals surface area (Å²) in [5, 5.41) is 3.70. The third-order valence-corrected chi connectivity index (χ3v) is 8.86. The van der Waals surface area contributed by atoms with Gasteiger partial charge in [0, 0.05) is 39.1 Å². The quantitative estimate of drug-likeness (QED) is 0.251. The molecule has 0 saturated carbocycles. The summed E-state index contributed by atoms with van der Waals surface area (Å²) in [5.41, 5.74) is 3.93. The first-order chi connectivity index (χ1) is 18.9. The molecule has 0 fully saturated rings. The first-order valence-corrected chi connectivity index (χ1v) is 14.6. The molecule has 0 aliphatic carbocycles. The van der Waals surface area contributed by atoms with E-state index >= 15 is 0 Å². The highest BCUT2D eigenvalue weighted by Gasteiger charge is 2.33. The monoisotopic (exact) mass is 573 g/mol. The molecule has 0 unspecified atom stereocenters. The maximum Gasteiger partial charge on any atom is 0.338 e. The van der Waals surface area contributed by atoms with E-state index < -0.39 is 12.0 Å². The molecule has 5 aromatic rings. The first-order valence-electron chi connectivity index (χ1n) is 12.5. The van der Waals surface area contributed by atoms with Gasteiger partial charge in [-0.25, -0.2) is 9.79 Å². The highest BCUT2D eigenvalue weighted by molar-refractivity contribution is 7.10. The summed E-state index contributed by atoms with van der Waals surface area (Å²) < 4.78 is 9.73. The molecular weight excluding hydrogens is 550 g/mol. The summed E-state index contributed by atoms with van der Waals surface area (Å²) in [6.45, 7) is 4.49. The van der Waals surface area contributed by atoms with Crippen molar-refractivity contribution in [1.29, 1.82) is 0 Å². The molecule has 6 rings (SSSR count). The van der Waals surface area contributed by atoms with Gasteiger partial charge in [-0.3, -0.25) is 9.36 Å². The number of allylic oxidation sites excluding steroid dienone is 1. The SMILES string of the molecule is CCOC(=O)C1=C(C)N=c2s/c(=C\c3cn(Cc4ccc(Cl)cc4)c4ccccc34)c(=O)n2[C@H]1c1cccs1. The molecule has 0 N–H and O–H groups in total. The molecule has 2 aromatic carbocycles. The van der Waals surface area contributed by atoms with E-state index in [4.69, 9.17) is 16.3 Å². The van der Waals surface area contributed by atoms with Crippen molar-refractivity contribution >= 4 is 57.2 Å². The summed E-state index contributed by atoms with van der Waals surface area (Å²) >= 11 is 8.92. The predicted octanol–water partition coefficient (Wildman–Crippen LogP) is 5.52. The van der Waals surface area contributed by atoms with Crippen LogP contribution in [0.2, 0.25) is 5.02 Å². The Hall–Kier alpha value is -3.72. The van der Waals surface area contributed by atoms with E-state index in [1.165, 1.54) is 22.7 Å². The number of fused-ring (bicyclic) bond motifs is 2. The van der Waals surface area contributed by atoms with Crippen LogP contribution >= 0.6 is 34.3 Å². The molecule has 39 heavy (non-hydrogen) atoms. The van der Waals surface area contributed by atoms with Crippen LogP contribution in [0.5, 0.6) is 0 Å². The minimum atomic E-state index is -0.575. The van der Waals surface area contributed by atoms with Crippen LogP contribution in [0, 0.1) is 0 Å². The van der Waals surface area contributed by atoms with Crippen molar-refractivity contribution in [3.8, 4) is 0 Å². The molecule has 9 heteroatoms. The Morgan fingerprint density at radius 2 is 1.92 bits per heavy atom. The van der Waals surface area contributed by atoms with Crippen LogP contribution in [0.3, 0.4) is 0 Å². The third-order valence-electron chi connectivity index (χ3n) is 6.70. The molecule has 0 amide bonds. The number of ether oxygens (including phenoxy) is 1. The zero-order valence-electron chi connectivity index (χ0n) is 21.3. The number of carbonyl (C=O) groups is 1. The van der Waals surface area contributed by atoms with Gasteiger partial charge in [-0.2, -0.15) is 0 Å². The van der Waals surface area contributed by atoms with Crippen LogP contribution in [-0.4, -0.2) is 21.7 Å². The van der Waals surface area contributed by atoms with E-state index in [9.17, 15) is 9.59 Å². The lowest BCUT2D eigenvalue weighted by atomic mass is 10.0. The molecule has 0 saturated heterocycles. The number of thiophene rings is 1. The minimum absolute atomic E-state index is 0.180. The molecule has 1 aliphatic heterocycles. The minimum Gasteiger partial charge on any atom is -0.463 e. The van der Waals surface area contributed by atoms with Crippen LogP contribution in [0.4, 0.5) is 0 Å². The number of halogens is 1. The van der Waals surface area contributed by atoms with E-state index in [0.29, 0.717) is 32.2 Å². The van der Waals surface area contributed by atoms with Crippen molar-refractivity contribution in [3.05, 3.63) is 124 Å². The molecular formula is C30H24ClN3O3S2.